The van der Waals surface area contributed by atoms with Crippen molar-refractivity contribution in [3.05, 3.63) is 59.7 Å². The van der Waals surface area contributed by atoms with Gasteiger partial charge in [-0.25, -0.2) is 0 Å². The van der Waals surface area contributed by atoms with Crippen LogP contribution in [0.3, 0.4) is 0 Å². The first-order valence-corrected chi connectivity index (χ1v) is 13.0. The van der Waals surface area contributed by atoms with Crippen molar-refractivity contribution in [2.24, 2.45) is 0 Å². The normalized spacial score (nSPS) is 24.5. The molecule has 2 aliphatic heterocycles. The molecule has 2 N–H and O–H groups in total. The molecule has 8 nitrogen and oxygen atoms in total. The zero-order valence-electron chi connectivity index (χ0n) is 21.9. The van der Waals surface area contributed by atoms with Crippen molar-refractivity contribution in [2.45, 2.75) is 50.9 Å². The van der Waals surface area contributed by atoms with Gasteiger partial charge in [-0.3, -0.25) is 9.59 Å². The van der Waals surface area contributed by atoms with Crippen LogP contribution in [0.4, 0.5) is 0 Å². The number of nitrogens with zero attached hydrogens (tertiary/aromatic N) is 2. The highest BCUT2D eigenvalue weighted by molar-refractivity contribution is 6.28. The first-order chi connectivity index (χ1) is 18.4. The van der Waals surface area contributed by atoms with Crippen LogP contribution in [0.2, 0.25) is 0 Å². The molecule has 0 spiro atoms. The molecule has 7 rings (SSSR count). The van der Waals surface area contributed by atoms with E-state index in [0.29, 0.717) is 18.5 Å². The summed E-state index contributed by atoms with van der Waals surface area (Å²) in [5.41, 5.74) is 4.71. The number of carbonyl (C=O) groups is 2. The molecule has 3 aromatic carbocycles. The highest BCUT2D eigenvalue weighted by Crippen LogP contribution is 2.53. The molecule has 194 valence electrons. The molecule has 1 saturated heterocycles. The topological polar surface area (TPSA) is 86.5 Å². The number of benzene rings is 3. The fourth-order valence-corrected chi connectivity index (χ4v) is 7.30. The maximum absolute atomic E-state index is 12.9. The summed E-state index contributed by atoms with van der Waals surface area (Å²) in [6.45, 7) is 4.13. The molecule has 0 aliphatic carbocycles. The maximum atomic E-state index is 12.9. The second-order valence-electron chi connectivity index (χ2n) is 10.6. The van der Waals surface area contributed by atoms with E-state index in [0.717, 1.165) is 55.5 Å². The molecule has 8 heteroatoms. The summed E-state index contributed by atoms with van der Waals surface area (Å²) in [6, 6.07) is 16.2. The highest BCUT2D eigenvalue weighted by atomic mass is 16.6. The predicted molar refractivity (Wildman–Crippen MR) is 147 cm³/mol. The lowest BCUT2D eigenvalue weighted by Gasteiger charge is -2.48. The number of hydrogen-bond acceptors (Lipinski definition) is 5. The molecular formula is C30H30N4O4. The van der Waals surface area contributed by atoms with Crippen LogP contribution < -0.4 is 10.6 Å². The monoisotopic (exact) mass is 510 g/mol. The number of rotatable bonds is 5. The predicted octanol–water partition coefficient (Wildman–Crippen LogP) is 4.56. The molecule has 0 saturated carbocycles. The van der Waals surface area contributed by atoms with Gasteiger partial charge in [-0.1, -0.05) is 36.4 Å². The van der Waals surface area contributed by atoms with Crippen LogP contribution in [0.1, 0.15) is 42.4 Å². The number of carbonyl (C=O) groups excluding carboxylic acids is 2. The first-order valence-electron chi connectivity index (χ1n) is 13.0. The quantitative estimate of drug-likeness (QED) is 0.339. The Hall–Kier alpha value is -3.72. The van der Waals surface area contributed by atoms with E-state index >= 15 is 0 Å². The minimum Gasteiger partial charge on any atom is -0.374 e. The number of amides is 1. The molecular weight excluding hydrogens is 480 g/mol. The minimum absolute atomic E-state index is 0.110. The van der Waals surface area contributed by atoms with Gasteiger partial charge in [-0.05, 0) is 31.7 Å². The number of ether oxygens (including phenoxy) is 2. The Balaban J connectivity index is 1.78. The molecule has 38 heavy (non-hydrogen) atoms. The van der Waals surface area contributed by atoms with Crippen molar-refractivity contribution in [3.63, 3.8) is 0 Å². The molecule has 1 fully saturated rings. The van der Waals surface area contributed by atoms with E-state index in [-0.39, 0.29) is 18.2 Å². The lowest BCUT2D eigenvalue weighted by Crippen LogP contribution is -2.60. The molecule has 4 atom stereocenters. The lowest BCUT2D eigenvalue weighted by molar-refractivity contribution is -0.256. The summed E-state index contributed by atoms with van der Waals surface area (Å²) in [5.74, 6) is -0.110. The SMILES string of the molecule is CNCc1c(C=O)c2c3ccccc3n3c2c2c1c1ccccc1n2C1(C)OC3CC(NC(C)=O)C1OC. The number of aromatic nitrogens is 2. The van der Waals surface area contributed by atoms with Gasteiger partial charge < -0.3 is 29.2 Å². The molecule has 4 unspecified atom stereocenters. The number of fused-ring (bicyclic) bond motifs is 10. The second kappa shape index (κ2) is 8.14. The van der Waals surface area contributed by atoms with Gasteiger partial charge in [0.25, 0.3) is 0 Å². The van der Waals surface area contributed by atoms with Gasteiger partial charge in [0.15, 0.2) is 12.0 Å². The van der Waals surface area contributed by atoms with Crippen molar-refractivity contribution in [3.8, 4) is 0 Å². The van der Waals surface area contributed by atoms with Crippen LogP contribution in [0, 0.1) is 0 Å². The van der Waals surface area contributed by atoms with E-state index in [4.69, 9.17) is 9.47 Å². The third kappa shape index (κ3) is 2.80. The molecule has 1 amide bonds. The van der Waals surface area contributed by atoms with Crippen LogP contribution in [0.5, 0.6) is 0 Å². The summed E-state index contributed by atoms with van der Waals surface area (Å²) >= 11 is 0. The zero-order valence-corrected chi connectivity index (χ0v) is 21.9. The van der Waals surface area contributed by atoms with Gasteiger partial charge in [-0.2, -0.15) is 0 Å². The number of para-hydroxylation sites is 2. The van der Waals surface area contributed by atoms with E-state index < -0.39 is 11.8 Å². The van der Waals surface area contributed by atoms with Crippen LogP contribution in [-0.4, -0.2) is 47.6 Å². The highest BCUT2D eigenvalue weighted by Gasteiger charge is 2.53. The van der Waals surface area contributed by atoms with Crippen molar-refractivity contribution in [2.75, 3.05) is 14.2 Å². The van der Waals surface area contributed by atoms with E-state index in [1.54, 1.807) is 7.11 Å². The van der Waals surface area contributed by atoms with E-state index in [1.165, 1.54) is 6.92 Å². The number of aldehydes is 1. The standard InChI is InChI=1S/C30H30N4O4/c1-16(36)32-21-13-24-33-22-11-7-5-9-17(22)26-20(15-35)19(14-31-3)25-18-10-6-8-12-23(18)34(28(25)27(26)33)30(2,38-24)29(21)37-4/h5-12,15,21,24,29,31H,13-14H2,1-4H3,(H,32,36). The number of nitrogens with one attached hydrogen (secondary N) is 2. The van der Waals surface area contributed by atoms with Gasteiger partial charge in [0.05, 0.1) is 28.1 Å². The molecule has 2 aromatic heterocycles. The summed E-state index contributed by atoms with van der Waals surface area (Å²) in [4.78, 5) is 25.2. The second-order valence-corrected chi connectivity index (χ2v) is 10.6. The molecule has 4 heterocycles. The largest absolute Gasteiger partial charge is 0.374 e. The van der Waals surface area contributed by atoms with Gasteiger partial charge in [0, 0.05) is 54.1 Å². The summed E-state index contributed by atoms with van der Waals surface area (Å²) < 4.78 is 17.7. The van der Waals surface area contributed by atoms with Crippen LogP contribution in [0.15, 0.2) is 48.5 Å². The van der Waals surface area contributed by atoms with Crippen LogP contribution in [-0.2, 0) is 26.5 Å². The van der Waals surface area contributed by atoms with Crippen LogP contribution in [0.25, 0.3) is 43.6 Å². The number of hydrogen-bond donors (Lipinski definition) is 2. The fraction of sp³-hybridized carbons (Fsp3) is 0.333. The fourth-order valence-electron chi connectivity index (χ4n) is 7.30. The Morgan fingerprint density at radius 2 is 1.79 bits per heavy atom. The Morgan fingerprint density at radius 1 is 1.11 bits per heavy atom. The molecule has 0 radical (unpaired) electrons. The first kappa shape index (κ1) is 23.4. The van der Waals surface area contributed by atoms with Crippen molar-refractivity contribution < 1.29 is 19.1 Å². The molecule has 5 aromatic rings. The van der Waals surface area contributed by atoms with Gasteiger partial charge in [0.2, 0.25) is 5.91 Å². The molecule has 2 bridgehead atoms. The average molecular weight is 511 g/mol. The summed E-state index contributed by atoms with van der Waals surface area (Å²) in [7, 11) is 3.58. The zero-order chi connectivity index (χ0) is 26.3. The molecule has 2 aliphatic rings. The van der Waals surface area contributed by atoms with E-state index in [2.05, 4.69) is 51.0 Å². The lowest BCUT2D eigenvalue weighted by atomic mass is 9.92. The van der Waals surface area contributed by atoms with Crippen molar-refractivity contribution in [1.82, 2.24) is 19.8 Å². The average Bonchev–Trinajstić information content (AvgIpc) is 3.40. The van der Waals surface area contributed by atoms with E-state index in [1.807, 2.05) is 31.3 Å². The van der Waals surface area contributed by atoms with Gasteiger partial charge in [-0.15, -0.1) is 0 Å². The maximum Gasteiger partial charge on any atom is 0.217 e. The van der Waals surface area contributed by atoms with Gasteiger partial charge in [0.1, 0.15) is 12.3 Å². The minimum atomic E-state index is -0.946. The Labute approximate surface area is 219 Å². The van der Waals surface area contributed by atoms with Crippen molar-refractivity contribution >= 4 is 55.8 Å². The van der Waals surface area contributed by atoms with Gasteiger partial charge >= 0.3 is 0 Å². The Kier molecular flexibility index (Phi) is 5.01. The third-order valence-electron chi connectivity index (χ3n) is 8.48. The Morgan fingerprint density at radius 3 is 2.45 bits per heavy atom. The smallest absolute Gasteiger partial charge is 0.217 e. The Bertz CT molecular complexity index is 1800. The number of methoxy groups -OCH3 is 1. The summed E-state index contributed by atoms with van der Waals surface area (Å²) in [5, 5.41) is 10.5. The van der Waals surface area contributed by atoms with Crippen molar-refractivity contribution in [1.29, 1.82) is 0 Å². The summed E-state index contributed by atoms with van der Waals surface area (Å²) in [6.07, 6.45) is 0.691. The van der Waals surface area contributed by atoms with E-state index in [9.17, 15) is 9.59 Å². The third-order valence-corrected chi connectivity index (χ3v) is 8.48. The van der Waals surface area contributed by atoms with Crippen LogP contribution >= 0.6 is 0 Å².